The predicted molar refractivity (Wildman–Crippen MR) is 144 cm³/mol. The number of methoxy groups -OCH3 is 1. The van der Waals surface area contributed by atoms with Gasteiger partial charge in [-0.15, -0.1) is 0 Å². The normalized spacial score (nSPS) is 17.3. The van der Waals surface area contributed by atoms with Gasteiger partial charge in [0.2, 0.25) is 0 Å². The number of amides is 1. The molecule has 4 rings (SSSR count). The Hall–Kier alpha value is -2.13. The van der Waals surface area contributed by atoms with Crippen LogP contribution in [0.4, 0.5) is 0 Å². The van der Waals surface area contributed by atoms with E-state index in [0.29, 0.717) is 33.3 Å². The van der Waals surface area contributed by atoms with E-state index in [4.69, 9.17) is 4.74 Å². The minimum Gasteiger partial charge on any atom is -0.00720 e. The Kier molecular flexibility index (Phi) is 9.65. The summed E-state index contributed by atoms with van der Waals surface area (Å²) in [6.07, 6.45) is 9.84. The first kappa shape index (κ1) is 26.9. The first-order valence-electron chi connectivity index (χ1n) is 12.2. The fraction of sp³-hybridized carbons (Fsp3) is 0.440. The average molecular weight is 593 g/mol. The summed E-state index contributed by atoms with van der Waals surface area (Å²) >= 11 is 1.15. The van der Waals surface area contributed by atoms with Crippen molar-refractivity contribution in [2.45, 2.75) is 52.9 Å². The fourth-order valence-corrected chi connectivity index (χ4v) is 10.4. The van der Waals surface area contributed by atoms with Gasteiger partial charge in [0.05, 0.1) is 7.11 Å². The largest absolute Gasteiger partial charge is 0.00720 e. The van der Waals surface area contributed by atoms with E-state index in [9.17, 15) is 13.2 Å². The number of hydrogen-bond donors (Lipinski definition) is 1. The van der Waals surface area contributed by atoms with Crippen LogP contribution in [0.1, 0.15) is 40.9 Å². The average Bonchev–Trinajstić information content (AvgIpc) is 3.54. The van der Waals surface area contributed by atoms with Gasteiger partial charge in [-0.3, -0.25) is 0 Å². The van der Waals surface area contributed by atoms with E-state index < -0.39 is 10.0 Å². The number of hydrogen-bond acceptors (Lipinski definition) is 6. The van der Waals surface area contributed by atoms with Crippen LogP contribution in [-0.2, 0) is 23.1 Å². The van der Waals surface area contributed by atoms with Crippen molar-refractivity contribution >= 4 is 43.0 Å². The SMILES string of the molecule is COc1cccc(C(=O)NCc2ccc(S(=O)(=O)N3CCCC([AsH]CCCn4ccnc4)CC3)s2)c1. The zero-order chi connectivity index (χ0) is 25.4. The predicted octanol–water partition coefficient (Wildman–Crippen LogP) is 3.79. The van der Waals surface area contributed by atoms with Gasteiger partial charge in [-0.05, 0) is 18.2 Å². The Balaban J connectivity index is 1.26. The molecule has 0 aliphatic carbocycles. The summed E-state index contributed by atoms with van der Waals surface area (Å²) in [4.78, 5) is 17.4. The number of benzene rings is 1. The Morgan fingerprint density at radius 2 is 2.14 bits per heavy atom. The summed E-state index contributed by atoms with van der Waals surface area (Å²) in [5.74, 6) is 0.391. The summed E-state index contributed by atoms with van der Waals surface area (Å²) in [5, 5.41) is 4.14. The molecule has 0 saturated carbocycles. The topological polar surface area (TPSA) is 93.5 Å². The number of aromatic nitrogens is 2. The van der Waals surface area contributed by atoms with Crippen LogP contribution in [0.2, 0.25) is 9.91 Å². The molecule has 1 aliphatic rings. The smallest absolute Gasteiger partial charge is 0.00720 e. The number of carbonyl (C=O) groups is 1. The van der Waals surface area contributed by atoms with Gasteiger partial charge in [0.25, 0.3) is 0 Å². The second-order valence-electron chi connectivity index (χ2n) is 8.78. The van der Waals surface area contributed by atoms with Crippen LogP contribution in [0.5, 0.6) is 5.75 Å². The van der Waals surface area contributed by atoms with E-state index in [-0.39, 0.29) is 28.2 Å². The first-order valence-corrected chi connectivity index (χ1v) is 17.1. The number of nitrogens with one attached hydrogen (secondary N) is 1. The van der Waals surface area contributed by atoms with Gasteiger partial charge in [-0.1, -0.05) is 6.07 Å². The second kappa shape index (κ2) is 12.9. The van der Waals surface area contributed by atoms with Gasteiger partial charge in [-0.25, -0.2) is 0 Å². The maximum Gasteiger partial charge on any atom is -0.00720 e. The number of thiophene rings is 1. The van der Waals surface area contributed by atoms with E-state index in [1.807, 2.05) is 18.7 Å². The Morgan fingerprint density at radius 3 is 2.94 bits per heavy atom. The molecule has 2 atom stereocenters. The number of ether oxygens (including phenoxy) is 1. The second-order valence-corrected chi connectivity index (χ2v) is 15.7. The third-order valence-corrected chi connectivity index (χ3v) is 13.5. The summed E-state index contributed by atoms with van der Waals surface area (Å²) in [5.41, 5.74) is 0.503. The van der Waals surface area contributed by atoms with Crippen molar-refractivity contribution in [3.63, 3.8) is 0 Å². The molecule has 1 saturated heterocycles. The zero-order valence-corrected chi connectivity index (χ0v) is 24.2. The van der Waals surface area contributed by atoms with Crippen LogP contribution in [0.25, 0.3) is 0 Å². The van der Waals surface area contributed by atoms with Gasteiger partial charge in [0, 0.05) is 0 Å². The van der Waals surface area contributed by atoms with Crippen LogP contribution in [-0.4, -0.2) is 64.1 Å². The van der Waals surface area contributed by atoms with Crippen LogP contribution in [0.15, 0.2) is 59.3 Å². The fourth-order valence-electron chi connectivity index (χ4n) is 4.25. The van der Waals surface area contributed by atoms with E-state index in [0.717, 1.165) is 30.7 Å². The number of nitrogens with zero attached hydrogens (tertiary/aromatic N) is 3. The monoisotopic (exact) mass is 592 g/mol. The molecule has 1 amide bonds. The van der Waals surface area contributed by atoms with Crippen molar-refractivity contribution in [2.75, 3.05) is 20.2 Å². The molecule has 8 nitrogen and oxygen atoms in total. The van der Waals surface area contributed by atoms with Crippen molar-refractivity contribution in [1.82, 2.24) is 19.2 Å². The molecule has 1 fully saturated rings. The molecule has 2 aromatic heterocycles. The number of aryl methyl sites for hydroxylation is 1. The third-order valence-electron chi connectivity index (χ3n) is 6.26. The quantitative estimate of drug-likeness (QED) is 0.270. The third kappa shape index (κ3) is 7.22. The standard InChI is InChI=1S/C25H33AsN4O4S2/c1-34-22-7-2-5-20(17-22)25(31)28-18-23-8-9-24(35-23)36(32,33)30-14-3-6-21(10-15-30)26-11-4-13-29-16-12-27-19-29/h2,5,7-9,12,16-17,19,21,26H,3-4,6,10-11,13-15,18H2,1H3,(H,28,31). The van der Waals surface area contributed by atoms with Crippen molar-refractivity contribution in [2.24, 2.45) is 0 Å². The molecule has 3 heterocycles. The maximum atomic E-state index is 13.3. The summed E-state index contributed by atoms with van der Waals surface area (Å²) < 4.78 is 36.6. The number of sulfonamides is 1. The first-order chi connectivity index (χ1) is 17.5. The van der Waals surface area contributed by atoms with Gasteiger partial charge in [0.1, 0.15) is 5.75 Å². The van der Waals surface area contributed by atoms with Crippen molar-refractivity contribution < 1.29 is 17.9 Å². The van der Waals surface area contributed by atoms with Crippen molar-refractivity contribution in [3.05, 3.63) is 65.6 Å². The maximum absolute atomic E-state index is 13.3. The van der Waals surface area contributed by atoms with E-state index in [1.165, 1.54) is 23.0 Å². The molecule has 1 aromatic carbocycles. The molecule has 1 N–H and O–H groups in total. The summed E-state index contributed by atoms with van der Waals surface area (Å²) in [7, 11) is -1.96. The molecule has 3 aromatic rings. The molecular weight excluding hydrogens is 559 g/mol. The van der Waals surface area contributed by atoms with Gasteiger partial charge in [0.15, 0.2) is 0 Å². The minimum absolute atomic E-state index is 0.0872. The van der Waals surface area contributed by atoms with Crippen LogP contribution >= 0.6 is 11.3 Å². The van der Waals surface area contributed by atoms with Crippen LogP contribution < -0.4 is 10.1 Å². The molecule has 1 aliphatic heterocycles. The van der Waals surface area contributed by atoms with Gasteiger partial charge >= 0.3 is 183 Å². The number of carbonyl (C=O) groups excluding carboxylic acids is 1. The zero-order valence-electron chi connectivity index (χ0n) is 20.4. The Morgan fingerprint density at radius 1 is 1.25 bits per heavy atom. The van der Waals surface area contributed by atoms with E-state index in [1.54, 1.807) is 47.8 Å². The molecule has 194 valence electrons. The molecule has 36 heavy (non-hydrogen) atoms. The van der Waals surface area contributed by atoms with Crippen LogP contribution in [0, 0.1) is 0 Å². The van der Waals surface area contributed by atoms with E-state index >= 15 is 0 Å². The molecule has 0 spiro atoms. The minimum atomic E-state index is -3.52. The van der Waals surface area contributed by atoms with Crippen molar-refractivity contribution in [1.29, 1.82) is 0 Å². The number of rotatable bonds is 11. The van der Waals surface area contributed by atoms with Crippen LogP contribution in [0.3, 0.4) is 0 Å². The van der Waals surface area contributed by atoms with Crippen molar-refractivity contribution in [3.8, 4) is 5.75 Å². The summed E-state index contributed by atoms with van der Waals surface area (Å²) in [6, 6.07) is 10.4. The molecule has 11 heteroatoms. The number of imidazole rings is 1. The van der Waals surface area contributed by atoms with Gasteiger partial charge < -0.3 is 4.74 Å². The molecule has 0 radical (unpaired) electrons. The Bertz CT molecular complexity index is 1230. The Labute approximate surface area is 223 Å². The summed E-state index contributed by atoms with van der Waals surface area (Å²) in [6.45, 7) is 2.47. The van der Waals surface area contributed by atoms with Gasteiger partial charge in [-0.2, -0.15) is 0 Å². The molecular formula is C25H33AsN4O4S2. The molecule has 2 unspecified atom stereocenters. The van der Waals surface area contributed by atoms with E-state index in [2.05, 4.69) is 14.9 Å². The molecule has 0 bridgehead atoms.